The van der Waals surface area contributed by atoms with Gasteiger partial charge in [-0.1, -0.05) is 0 Å². The first-order valence-corrected chi connectivity index (χ1v) is 11.8. The number of aromatic nitrogens is 4. The number of carboxylic acid groups (broad SMARTS) is 1. The Hall–Kier alpha value is -2.53. The Kier molecular flexibility index (Phi) is 5.97. The number of anilines is 1. The number of hydrogen-bond donors (Lipinski definition) is 3. The fourth-order valence-electron chi connectivity index (χ4n) is 4.68. The van der Waals surface area contributed by atoms with Gasteiger partial charge in [0.15, 0.2) is 0 Å². The minimum atomic E-state index is -0.895. The molecule has 0 spiro atoms. The van der Waals surface area contributed by atoms with E-state index in [9.17, 15) is 14.4 Å². The lowest BCUT2D eigenvalue weighted by atomic mass is 9.94. The molecule has 0 aromatic carbocycles. The van der Waals surface area contributed by atoms with Crippen molar-refractivity contribution in [2.45, 2.75) is 70.4 Å². The molecule has 1 amide bonds. The van der Waals surface area contributed by atoms with Crippen LogP contribution >= 0.6 is 11.8 Å². The molecule has 2 atom stereocenters. The summed E-state index contributed by atoms with van der Waals surface area (Å²) in [5.41, 5.74) is 2.34. The monoisotopic (exact) mass is 463 g/mol. The van der Waals surface area contributed by atoms with E-state index in [1.165, 1.54) is 11.8 Å². The van der Waals surface area contributed by atoms with Gasteiger partial charge in [-0.15, -0.1) is 11.8 Å². The van der Waals surface area contributed by atoms with Gasteiger partial charge in [-0.3, -0.25) is 28.8 Å². The number of hydrogen-bond acceptors (Lipinski definition) is 6. The molecule has 0 aliphatic carbocycles. The van der Waals surface area contributed by atoms with E-state index >= 15 is 0 Å². The summed E-state index contributed by atoms with van der Waals surface area (Å²) in [6, 6.07) is -0.000247. The smallest absolute Gasteiger partial charge is 0.305 e. The average molecular weight is 464 g/mol. The second-order valence-electron chi connectivity index (χ2n) is 9.02. The molecule has 1 saturated heterocycles. The van der Waals surface area contributed by atoms with Gasteiger partial charge in [0.2, 0.25) is 5.91 Å². The van der Waals surface area contributed by atoms with Gasteiger partial charge in [0.1, 0.15) is 5.82 Å². The van der Waals surface area contributed by atoms with Gasteiger partial charge in [-0.2, -0.15) is 5.10 Å². The minimum absolute atomic E-state index is 0.000247. The lowest BCUT2D eigenvalue weighted by Gasteiger charge is -2.36. The predicted molar refractivity (Wildman–Crippen MR) is 120 cm³/mol. The third-order valence-corrected chi connectivity index (χ3v) is 7.37. The standard InChI is InChI=1S/C21H29N5O5S/c1-11-16(12(2)25(23-11)7-5-15(28)29)18-17-19(22-14(27)10-32-18)26(24-20(17)30)13-6-8-31-21(3,4)9-13/h13,18H,5-10H2,1-4H3,(H,22,27)(H,24,30)(H,28,29)/t13-,18+/m1/s1. The van der Waals surface area contributed by atoms with Crippen LogP contribution in [0.3, 0.4) is 0 Å². The number of nitrogens with one attached hydrogen (secondary N) is 2. The number of carboxylic acids is 1. The van der Waals surface area contributed by atoms with E-state index in [0.717, 1.165) is 23.4 Å². The highest BCUT2D eigenvalue weighted by Gasteiger charge is 2.37. The Morgan fingerprint density at radius 1 is 1.31 bits per heavy atom. The van der Waals surface area contributed by atoms with Crippen LogP contribution in [0.25, 0.3) is 0 Å². The lowest BCUT2D eigenvalue weighted by Crippen LogP contribution is -2.36. The van der Waals surface area contributed by atoms with Crippen molar-refractivity contribution in [1.29, 1.82) is 0 Å². The molecule has 0 bridgehead atoms. The van der Waals surface area contributed by atoms with Crippen LogP contribution in [0.2, 0.25) is 0 Å². The SMILES string of the molecule is Cc1nn(CCC(=O)O)c(C)c1[C@@H]1SCC(=O)Nc2c1c(=O)[nH]n2[C@@H]1CCOC(C)(C)C1. The Bertz CT molecular complexity index is 1110. The number of amides is 1. The number of ether oxygens (including phenoxy) is 1. The van der Waals surface area contributed by atoms with Crippen molar-refractivity contribution in [3.63, 3.8) is 0 Å². The Morgan fingerprint density at radius 3 is 2.75 bits per heavy atom. The third kappa shape index (κ3) is 4.23. The lowest BCUT2D eigenvalue weighted by molar-refractivity contribution is -0.137. The van der Waals surface area contributed by atoms with Gasteiger partial charge in [-0.05, 0) is 40.5 Å². The van der Waals surface area contributed by atoms with Crippen LogP contribution < -0.4 is 10.9 Å². The molecule has 0 unspecified atom stereocenters. The number of carbonyl (C=O) groups is 2. The number of H-pyrrole nitrogens is 1. The first kappa shape index (κ1) is 22.7. The largest absolute Gasteiger partial charge is 0.481 e. The van der Waals surface area contributed by atoms with Crippen molar-refractivity contribution in [2.75, 3.05) is 17.7 Å². The van der Waals surface area contributed by atoms with Gasteiger partial charge in [-0.25, -0.2) is 0 Å². The highest BCUT2D eigenvalue weighted by Crippen LogP contribution is 2.44. The van der Waals surface area contributed by atoms with Crippen LogP contribution in [0.1, 0.15) is 66.9 Å². The van der Waals surface area contributed by atoms with Crippen molar-refractivity contribution in [2.24, 2.45) is 0 Å². The van der Waals surface area contributed by atoms with E-state index in [1.807, 2.05) is 27.7 Å². The summed E-state index contributed by atoms with van der Waals surface area (Å²) in [5.74, 6) is -0.342. The maximum absolute atomic E-state index is 13.2. The molecule has 32 heavy (non-hydrogen) atoms. The summed E-state index contributed by atoms with van der Waals surface area (Å²) < 4.78 is 9.30. The highest BCUT2D eigenvalue weighted by molar-refractivity contribution is 8.00. The van der Waals surface area contributed by atoms with Crippen LogP contribution in [0.15, 0.2) is 4.79 Å². The van der Waals surface area contributed by atoms with Crippen molar-refractivity contribution >= 4 is 29.5 Å². The number of rotatable bonds is 5. The molecule has 4 rings (SSSR count). The van der Waals surface area contributed by atoms with Crippen molar-refractivity contribution < 1.29 is 19.4 Å². The fraction of sp³-hybridized carbons (Fsp3) is 0.619. The van der Waals surface area contributed by atoms with Crippen LogP contribution in [0.4, 0.5) is 5.82 Å². The number of carbonyl (C=O) groups excluding carboxylic acids is 1. The Labute approximate surface area is 189 Å². The number of nitrogens with zero attached hydrogens (tertiary/aromatic N) is 3. The quantitative estimate of drug-likeness (QED) is 0.620. The first-order chi connectivity index (χ1) is 15.1. The topological polar surface area (TPSA) is 131 Å². The summed E-state index contributed by atoms with van der Waals surface area (Å²) in [6.07, 6.45) is 1.41. The summed E-state index contributed by atoms with van der Waals surface area (Å²) in [4.78, 5) is 36.8. The molecule has 10 nitrogen and oxygen atoms in total. The highest BCUT2D eigenvalue weighted by atomic mass is 32.2. The molecular weight excluding hydrogens is 434 g/mol. The average Bonchev–Trinajstić information content (AvgIpc) is 3.09. The third-order valence-electron chi connectivity index (χ3n) is 6.14. The van der Waals surface area contributed by atoms with Gasteiger partial charge < -0.3 is 15.2 Å². The van der Waals surface area contributed by atoms with Crippen LogP contribution in [0.5, 0.6) is 0 Å². The molecule has 4 heterocycles. The number of aromatic amines is 1. The summed E-state index contributed by atoms with van der Waals surface area (Å²) in [7, 11) is 0. The number of fused-ring (bicyclic) bond motifs is 1. The molecule has 0 radical (unpaired) electrons. The van der Waals surface area contributed by atoms with Crippen LogP contribution in [-0.4, -0.2) is 54.5 Å². The molecule has 3 N–H and O–H groups in total. The second kappa shape index (κ2) is 8.43. The van der Waals surface area contributed by atoms with Crippen molar-refractivity contribution in [1.82, 2.24) is 19.6 Å². The van der Waals surface area contributed by atoms with E-state index in [4.69, 9.17) is 9.84 Å². The maximum atomic E-state index is 13.2. The summed E-state index contributed by atoms with van der Waals surface area (Å²) in [5, 5.41) is 19.1. The van der Waals surface area contributed by atoms with Crippen molar-refractivity contribution in [3.8, 4) is 0 Å². The molecule has 11 heteroatoms. The number of aliphatic carboxylic acids is 1. The van der Waals surface area contributed by atoms with Gasteiger partial charge >= 0.3 is 5.97 Å². The maximum Gasteiger partial charge on any atom is 0.305 e. The zero-order valence-electron chi connectivity index (χ0n) is 18.7. The van der Waals surface area contributed by atoms with E-state index in [2.05, 4.69) is 15.5 Å². The first-order valence-electron chi connectivity index (χ1n) is 10.7. The molecule has 2 aromatic heterocycles. The predicted octanol–water partition coefficient (Wildman–Crippen LogP) is 2.37. The molecule has 2 aliphatic rings. The molecule has 0 saturated carbocycles. The second-order valence-corrected chi connectivity index (χ2v) is 10.1. The molecule has 2 aromatic rings. The fourth-order valence-corrected chi connectivity index (χ4v) is 5.96. The van der Waals surface area contributed by atoms with Crippen LogP contribution in [0, 0.1) is 13.8 Å². The number of aryl methyl sites for hydroxylation is 2. The van der Waals surface area contributed by atoms with Crippen LogP contribution in [-0.2, 0) is 20.9 Å². The summed E-state index contributed by atoms with van der Waals surface area (Å²) >= 11 is 1.39. The Morgan fingerprint density at radius 2 is 2.06 bits per heavy atom. The molecular formula is C21H29N5O5S. The zero-order valence-corrected chi connectivity index (χ0v) is 19.5. The van der Waals surface area contributed by atoms with Gasteiger partial charge in [0.05, 0.1) is 46.9 Å². The van der Waals surface area contributed by atoms with E-state index in [1.54, 1.807) is 9.36 Å². The van der Waals surface area contributed by atoms with E-state index < -0.39 is 5.97 Å². The zero-order chi connectivity index (χ0) is 23.2. The minimum Gasteiger partial charge on any atom is -0.481 e. The number of thioether (sulfide) groups is 1. The molecule has 1 fully saturated rings. The van der Waals surface area contributed by atoms with E-state index in [-0.39, 0.29) is 47.1 Å². The normalized spacial score (nSPS) is 22.8. The summed E-state index contributed by atoms with van der Waals surface area (Å²) in [6.45, 7) is 8.60. The molecule has 2 aliphatic heterocycles. The molecule has 174 valence electrons. The van der Waals surface area contributed by atoms with Crippen molar-refractivity contribution in [3.05, 3.63) is 32.9 Å². The Balaban J connectivity index is 1.78. The van der Waals surface area contributed by atoms with Gasteiger partial charge in [0, 0.05) is 17.9 Å². The van der Waals surface area contributed by atoms with Gasteiger partial charge in [0.25, 0.3) is 5.56 Å². The van der Waals surface area contributed by atoms with E-state index in [0.29, 0.717) is 24.4 Å².